The number of hydrogen-bond acceptors (Lipinski definition) is 4. The van der Waals surface area contributed by atoms with Crippen LogP contribution >= 0.6 is 15.9 Å². The monoisotopic (exact) mass is 301 g/mol. The summed E-state index contributed by atoms with van der Waals surface area (Å²) in [6.07, 6.45) is 0. The highest BCUT2D eigenvalue weighted by Gasteiger charge is 2.19. The van der Waals surface area contributed by atoms with Crippen molar-refractivity contribution in [3.8, 4) is 11.5 Å². The largest absolute Gasteiger partial charge is 0.495 e. The Bertz CT molecular complexity index is 366. The molecule has 0 aliphatic carbocycles. The van der Waals surface area contributed by atoms with E-state index in [4.69, 9.17) is 14.2 Å². The molecule has 1 atom stereocenters. The lowest BCUT2D eigenvalue weighted by Gasteiger charge is -2.25. The molecule has 5 heteroatoms. The number of hydrogen-bond donors (Lipinski definition) is 1. The van der Waals surface area contributed by atoms with E-state index in [2.05, 4.69) is 21.2 Å². The average molecular weight is 302 g/mol. The lowest BCUT2D eigenvalue weighted by molar-refractivity contribution is 0.0767. The Labute approximate surface area is 109 Å². The number of morpholine rings is 1. The first kappa shape index (κ1) is 12.7. The first-order chi connectivity index (χ1) is 8.26. The van der Waals surface area contributed by atoms with Crippen molar-refractivity contribution in [2.75, 3.05) is 34.0 Å². The van der Waals surface area contributed by atoms with Gasteiger partial charge in [0.2, 0.25) is 0 Å². The third-order valence-electron chi connectivity index (χ3n) is 2.79. The number of nitrogens with one attached hydrogen (secondary N) is 1. The van der Waals surface area contributed by atoms with Gasteiger partial charge in [0.05, 0.1) is 33.5 Å². The second-order valence-electron chi connectivity index (χ2n) is 3.82. The predicted octanol–water partition coefficient (Wildman–Crippen LogP) is 2.13. The highest BCUT2D eigenvalue weighted by Crippen LogP contribution is 2.37. The quantitative estimate of drug-likeness (QED) is 0.928. The molecule has 1 aliphatic rings. The topological polar surface area (TPSA) is 39.7 Å². The van der Waals surface area contributed by atoms with Crippen LogP contribution in [0.4, 0.5) is 0 Å². The summed E-state index contributed by atoms with van der Waals surface area (Å²) >= 11 is 3.46. The zero-order valence-corrected chi connectivity index (χ0v) is 11.5. The van der Waals surface area contributed by atoms with Crippen LogP contribution in [0.15, 0.2) is 16.6 Å². The van der Waals surface area contributed by atoms with Crippen molar-refractivity contribution >= 4 is 15.9 Å². The number of halogens is 1. The molecule has 1 N–H and O–H groups in total. The molecule has 94 valence electrons. The van der Waals surface area contributed by atoms with Crippen LogP contribution in [-0.4, -0.2) is 34.0 Å². The summed E-state index contributed by atoms with van der Waals surface area (Å²) in [6.45, 7) is 2.31. The van der Waals surface area contributed by atoms with Gasteiger partial charge in [-0.25, -0.2) is 0 Å². The van der Waals surface area contributed by atoms with Gasteiger partial charge in [-0.05, 0) is 33.6 Å². The molecule has 0 saturated carbocycles. The van der Waals surface area contributed by atoms with Gasteiger partial charge in [-0.1, -0.05) is 0 Å². The van der Waals surface area contributed by atoms with Crippen molar-refractivity contribution in [1.29, 1.82) is 0 Å². The maximum Gasteiger partial charge on any atom is 0.137 e. The van der Waals surface area contributed by atoms with E-state index in [1.54, 1.807) is 14.2 Å². The summed E-state index contributed by atoms with van der Waals surface area (Å²) in [5, 5.41) is 3.41. The Morgan fingerprint density at radius 1 is 1.29 bits per heavy atom. The smallest absolute Gasteiger partial charge is 0.137 e. The van der Waals surface area contributed by atoms with Crippen molar-refractivity contribution in [3.05, 3.63) is 22.2 Å². The zero-order chi connectivity index (χ0) is 12.3. The maximum absolute atomic E-state index is 5.46. The van der Waals surface area contributed by atoms with E-state index >= 15 is 0 Å². The summed E-state index contributed by atoms with van der Waals surface area (Å²) in [7, 11) is 3.29. The Hall–Kier alpha value is -0.780. The van der Waals surface area contributed by atoms with Crippen molar-refractivity contribution < 1.29 is 14.2 Å². The van der Waals surface area contributed by atoms with Crippen molar-refractivity contribution in [1.82, 2.24) is 5.32 Å². The number of rotatable bonds is 3. The van der Waals surface area contributed by atoms with Crippen LogP contribution in [0.3, 0.4) is 0 Å². The minimum atomic E-state index is 0.194. The fraction of sp³-hybridized carbons (Fsp3) is 0.500. The summed E-state index contributed by atoms with van der Waals surface area (Å²) in [5.41, 5.74) is 1.11. The predicted molar refractivity (Wildman–Crippen MR) is 68.8 cm³/mol. The van der Waals surface area contributed by atoms with Gasteiger partial charge < -0.3 is 19.5 Å². The van der Waals surface area contributed by atoms with Crippen LogP contribution in [0.1, 0.15) is 11.6 Å². The molecule has 0 radical (unpaired) electrons. The van der Waals surface area contributed by atoms with Crippen LogP contribution in [0, 0.1) is 0 Å². The first-order valence-corrected chi connectivity index (χ1v) is 6.28. The number of methoxy groups -OCH3 is 2. The molecule has 0 bridgehead atoms. The Morgan fingerprint density at radius 3 is 2.41 bits per heavy atom. The van der Waals surface area contributed by atoms with Crippen LogP contribution < -0.4 is 14.8 Å². The van der Waals surface area contributed by atoms with Gasteiger partial charge in [0.1, 0.15) is 16.0 Å². The van der Waals surface area contributed by atoms with E-state index in [1.807, 2.05) is 12.1 Å². The van der Waals surface area contributed by atoms with E-state index in [-0.39, 0.29) is 6.04 Å². The third-order valence-corrected chi connectivity index (χ3v) is 3.57. The number of ether oxygens (including phenoxy) is 3. The zero-order valence-electron chi connectivity index (χ0n) is 9.96. The van der Waals surface area contributed by atoms with Crippen LogP contribution in [0.2, 0.25) is 0 Å². The summed E-state index contributed by atoms with van der Waals surface area (Å²) < 4.78 is 16.9. The van der Waals surface area contributed by atoms with E-state index in [1.165, 1.54) is 0 Å². The third kappa shape index (κ3) is 2.73. The van der Waals surface area contributed by atoms with E-state index in [0.717, 1.165) is 34.7 Å². The number of benzene rings is 1. The molecule has 1 fully saturated rings. The normalized spacial score (nSPS) is 20.1. The molecule has 1 heterocycles. The second kappa shape index (κ2) is 5.71. The second-order valence-corrected chi connectivity index (χ2v) is 4.61. The lowest BCUT2D eigenvalue weighted by Crippen LogP contribution is -2.34. The Balaban J connectivity index is 2.33. The van der Waals surface area contributed by atoms with E-state index in [9.17, 15) is 0 Å². The molecular weight excluding hydrogens is 286 g/mol. The van der Waals surface area contributed by atoms with Crippen molar-refractivity contribution in [2.24, 2.45) is 0 Å². The minimum Gasteiger partial charge on any atom is -0.495 e. The van der Waals surface area contributed by atoms with Gasteiger partial charge in [0, 0.05) is 6.54 Å². The van der Waals surface area contributed by atoms with Crippen molar-refractivity contribution in [3.63, 3.8) is 0 Å². The molecule has 0 spiro atoms. The first-order valence-electron chi connectivity index (χ1n) is 5.48. The molecule has 1 aromatic carbocycles. The van der Waals surface area contributed by atoms with Crippen molar-refractivity contribution in [2.45, 2.75) is 6.04 Å². The highest BCUT2D eigenvalue weighted by atomic mass is 79.9. The summed E-state index contributed by atoms with van der Waals surface area (Å²) in [5.74, 6) is 1.54. The van der Waals surface area contributed by atoms with E-state index in [0.29, 0.717) is 6.61 Å². The SMILES string of the molecule is COc1cc([C@@H]2COCCN2)cc(OC)c1Br. The van der Waals surface area contributed by atoms with Gasteiger partial charge in [0.25, 0.3) is 0 Å². The summed E-state index contributed by atoms with van der Waals surface area (Å²) in [4.78, 5) is 0. The van der Waals surface area contributed by atoms with Gasteiger partial charge in [-0.15, -0.1) is 0 Å². The fourth-order valence-corrected chi connectivity index (χ4v) is 2.42. The standard InChI is InChI=1S/C12H16BrNO3/c1-15-10-5-8(6-11(16-2)12(10)13)9-7-17-4-3-14-9/h5-6,9,14H,3-4,7H2,1-2H3/t9-/m0/s1. The van der Waals surface area contributed by atoms with Gasteiger partial charge in [0.15, 0.2) is 0 Å². The molecule has 0 amide bonds. The minimum absolute atomic E-state index is 0.194. The van der Waals surface area contributed by atoms with Gasteiger partial charge in [-0.3, -0.25) is 0 Å². The molecule has 2 rings (SSSR count). The molecule has 1 aliphatic heterocycles. The molecule has 0 unspecified atom stereocenters. The molecule has 4 nitrogen and oxygen atoms in total. The van der Waals surface area contributed by atoms with Gasteiger partial charge >= 0.3 is 0 Å². The molecule has 1 saturated heterocycles. The fourth-order valence-electron chi connectivity index (χ4n) is 1.87. The summed E-state index contributed by atoms with van der Waals surface area (Å²) in [6, 6.07) is 4.19. The van der Waals surface area contributed by atoms with E-state index < -0.39 is 0 Å². The van der Waals surface area contributed by atoms with Crippen LogP contribution in [0.5, 0.6) is 11.5 Å². The Morgan fingerprint density at radius 2 is 1.94 bits per heavy atom. The average Bonchev–Trinajstić information content (AvgIpc) is 2.40. The highest BCUT2D eigenvalue weighted by molar-refractivity contribution is 9.10. The van der Waals surface area contributed by atoms with Crippen LogP contribution in [0.25, 0.3) is 0 Å². The molecule has 1 aromatic rings. The lowest BCUT2D eigenvalue weighted by atomic mass is 10.1. The molecule has 17 heavy (non-hydrogen) atoms. The Kier molecular flexibility index (Phi) is 4.25. The van der Waals surface area contributed by atoms with Crippen LogP contribution in [-0.2, 0) is 4.74 Å². The molecular formula is C12H16BrNO3. The molecule has 0 aromatic heterocycles. The maximum atomic E-state index is 5.46. The van der Waals surface area contributed by atoms with Gasteiger partial charge in [-0.2, -0.15) is 0 Å².